The molecule has 218 valence electrons. The molecule has 0 fully saturated rings. The number of aromatic carboxylic acids is 1. The molecule has 4 rings (SSSR count). The molecular weight excluding hydrogens is 560 g/mol. The van der Waals surface area contributed by atoms with Crippen LogP contribution in [0.1, 0.15) is 34.1 Å². The van der Waals surface area contributed by atoms with Crippen molar-refractivity contribution < 1.29 is 37.7 Å². The number of carboxylic acids is 2. The van der Waals surface area contributed by atoms with Crippen molar-refractivity contribution in [2.45, 2.75) is 37.8 Å². The molecule has 10 nitrogen and oxygen atoms in total. The molecule has 1 aromatic heterocycles. The van der Waals surface area contributed by atoms with Gasteiger partial charge in [0.25, 0.3) is 0 Å². The Balaban J connectivity index is 1.66. The Bertz CT molecular complexity index is 1780. The third kappa shape index (κ3) is 6.74. The fourth-order valence-corrected chi connectivity index (χ4v) is 5.79. The summed E-state index contributed by atoms with van der Waals surface area (Å²) in [6.45, 7) is 4.06. The summed E-state index contributed by atoms with van der Waals surface area (Å²) in [5.41, 5.74) is 3.18. The minimum atomic E-state index is -4.19. The molecule has 0 saturated carbocycles. The second kappa shape index (κ2) is 12.8. The Morgan fingerprint density at radius 1 is 1.00 bits per heavy atom. The molecule has 11 heteroatoms. The quantitative estimate of drug-likeness (QED) is 0.210. The minimum absolute atomic E-state index is 0.103. The maximum absolute atomic E-state index is 13.2. The highest BCUT2D eigenvalue weighted by Gasteiger charge is 2.28. The third-order valence-electron chi connectivity index (χ3n) is 6.83. The van der Waals surface area contributed by atoms with Crippen LogP contribution in [0, 0.1) is 18.8 Å². The van der Waals surface area contributed by atoms with Crippen molar-refractivity contribution in [2.24, 2.45) is 0 Å². The van der Waals surface area contributed by atoms with Crippen molar-refractivity contribution >= 4 is 32.9 Å². The van der Waals surface area contributed by atoms with E-state index in [-0.39, 0.29) is 23.5 Å². The Kier molecular flexibility index (Phi) is 9.20. The van der Waals surface area contributed by atoms with Gasteiger partial charge in [-0.25, -0.2) is 13.2 Å². The zero-order valence-electron chi connectivity index (χ0n) is 23.2. The molecule has 0 spiro atoms. The lowest BCUT2D eigenvalue weighted by Gasteiger charge is -2.16. The second-order valence-electron chi connectivity index (χ2n) is 9.44. The first-order valence-corrected chi connectivity index (χ1v) is 14.4. The average molecular weight is 591 g/mol. The molecule has 0 aliphatic rings. The molecule has 0 amide bonds. The van der Waals surface area contributed by atoms with Crippen molar-refractivity contribution in [3.63, 3.8) is 0 Å². The second-order valence-corrected chi connectivity index (χ2v) is 11.2. The number of nitrogens with zero attached hydrogens (tertiary/aromatic N) is 1. The summed E-state index contributed by atoms with van der Waals surface area (Å²) in [5.74, 6) is 4.09. The first kappa shape index (κ1) is 30.2. The number of sulfonamides is 1. The van der Waals surface area contributed by atoms with E-state index in [4.69, 9.17) is 9.47 Å². The molecule has 42 heavy (non-hydrogen) atoms. The lowest BCUT2D eigenvalue weighted by molar-refractivity contribution is -0.138. The first-order chi connectivity index (χ1) is 20.0. The van der Waals surface area contributed by atoms with Gasteiger partial charge in [-0.1, -0.05) is 18.1 Å². The van der Waals surface area contributed by atoms with Crippen LogP contribution in [0.15, 0.2) is 71.6 Å². The van der Waals surface area contributed by atoms with Gasteiger partial charge in [0.15, 0.2) is 0 Å². The van der Waals surface area contributed by atoms with Gasteiger partial charge in [0, 0.05) is 29.6 Å². The van der Waals surface area contributed by atoms with Gasteiger partial charge in [0.05, 0.1) is 17.6 Å². The van der Waals surface area contributed by atoms with Crippen LogP contribution in [-0.4, -0.2) is 54.9 Å². The number of ether oxygens (including phenoxy) is 2. The van der Waals surface area contributed by atoms with Crippen LogP contribution in [-0.2, 0) is 27.8 Å². The van der Waals surface area contributed by atoms with E-state index < -0.39 is 28.0 Å². The number of carbonyl (C=O) groups is 2. The van der Waals surface area contributed by atoms with Gasteiger partial charge in [-0.3, -0.25) is 4.79 Å². The predicted molar refractivity (Wildman–Crippen MR) is 157 cm³/mol. The molecule has 0 saturated heterocycles. The normalized spacial score (nSPS) is 11.9. The molecule has 0 bridgehead atoms. The number of benzene rings is 3. The van der Waals surface area contributed by atoms with E-state index in [0.717, 1.165) is 22.2 Å². The number of hydrogen-bond acceptors (Lipinski definition) is 6. The topological polar surface area (TPSA) is 144 Å². The number of rotatable bonds is 12. The maximum Gasteiger partial charge on any atom is 0.335 e. The standard InChI is InChI=1S/C31H30N2O8S/c1-4-5-16-41-23-10-13-25(14-11-23)42(38,39)32-28(31(36)37)18-26-20(2)33(29-15-12-24(40-3)17-27(26)29)19-21-6-8-22(9-7-21)30(34)35/h6-15,17,28,32H,16,18-19H2,1-3H3,(H,34,35)(H,36,37)/t28-/m0/s1. The highest BCUT2D eigenvalue weighted by molar-refractivity contribution is 7.89. The van der Waals surface area contributed by atoms with Crippen LogP contribution in [0.25, 0.3) is 10.9 Å². The molecular formula is C31H30N2O8S. The van der Waals surface area contributed by atoms with Crippen LogP contribution in [0.4, 0.5) is 0 Å². The van der Waals surface area contributed by atoms with Crippen molar-refractivity contribution in [3.8, 4) is 23.3 Å². The molecule has 0 aliphatic carbocycles. The molecule has 3 N–H and O–H groups in total. The number of methoxy groups -OCH3 is 1. The highest BCUT2D eigenvalue weighted by Crippen LogP contribution is 2.31. The molecule has 1 heterocycles. The van der Waals surface area contributed by atoms with Gasteiger partial charge < -0.3 is 24.3 Å². The summed E-state index contributed by atoms with van der Waals surface area (Å²) < 4.78 is 41.5. The largest absolute Gasteiger partial charge is 0.497 e. The summed E-state index contributed by atoms with van der Waals surface area (Å²) in [5, 5.41) is 20.0. The Morgan fingerprint density at radius 2 is 1.67 bits per heavy atom. The fourth-order valence-electron chi connectivity index (χ4n) is 4.60. The summed E-state index contributed by atoms with van der Waals surface area (Å²) in [7, 11) is -2.67. The number of nitrogens with one attached hydrogen (secondary N) is 1. The summed E-state index contributed by atoms with van der Waals surface area (Å²) >= 11 is 0. The Morgan fingerprint density at radius 3 is 2.26 bits per heavy atom. The van der Waals surface area contributed by atoms with Gasteiger partial charge in [-0.15, -0.1) is 5.92 Å². The lowest BCUT2D eigenvalue weighted by Crippen LogP contribution is -2.42. The van der Waals surface area contributed by atoms with Crippen LogP contribution in [0.3, 0.4) is 0 Å². The molecule has 1 atom stereocenters. The zero-order valence-corrected chi connectivity index (χ0v) is 24.1. The minimum Gasteiger partial charge on any atom is -0.497 e. The van der Waals surface area contributed by atoms with E-state index in [0.29, 0.717) is 23.6 Å². The van der Waals surface area contributed by atoms with Gasteiger partial charge in [-0.05, 0) is 79.6 Å². The van der Waals surface area contributed by atoms with Crippen molar-refractivity contribution in [1.82, 2.24) is 9.29 Å². The van der Waals surface area contributed by atoms with E-state index in [2.05, 4.69) is 16.6 Å². The van der Waals surface area contributed by atoms with Gasteiger partial charge in [0.1, 0.15) is 24.1 Å². The molecule has 0 aliphatic heterocycles. The number of aliphatic carboxylic acids is 1. The molecule has 0 unspecified atom stereocenters. The fraction of sp³-hybridized carbons (Fsp3) is 0.226. The Labute approximate surface area is 243 Å². The zero-order chi connectivity index (χ0) is 30.4. The van der Waals surface area contributed by atoms with Crippen molar-refractivity contribution in [1.29, 1.82) is 0 Å². The van der Waals surface area contributed by atoms with E-state index in [9.17, 15) is 28.2 Å². The lowest BCUT2D eigenvalue weighted by atomic mass is 10.0. The Hall–Kier alpha value is -4.79. The van der Waals surface area contributed by atoms with E-state index >= 15 is 0 Å². The molecule has 0 radical (unpaired) electrons. The first-order valence-electron chi connectivity index (χ1n) is 12.9. The van der Waals surface area contributed by atoms with Crippen LogP contribution < -0.4 is 14.2 Å². The van der Waals surface area contributed by atoms with Gasteiger partial charge >= 0.3 is 11.9 Å². The number of carboxylic acid groups (broad SMARTS) is 2. The summed E-state index contributed by atoms with van der Waals surface area (Å²) in [4.78, 5) is 23.5. The van der Waals surface area contributed by atoms with Crippen LogP contribution in [0.2, 0.25) is 0 Å². The van der Waals surface area contributed by atoms with E-state index in [1.54, 1.807) is 31.2 Å². The number of aromatic nitrogens is 1. The van der Waals surface area contributed by atoms with Crippen molar-refractivity contribution in [3.05, 3.63) is 89.1 Å². The van der Waals surface area contributed by atoms with Gasteiger partial charge in [-0.2, -0.15) is 4.72 Å². The van der Waals surface area contributed by atoms with E-state index in [1.807, 2.05) is 17.6 Å². The monoisotopic (exact) mass is 590 g/mol. The number of fused-ring (bicyclic) bond motifs is 1. The molecule has 3 aromatic carbocycles. The number of hydrogen-bond donors (Lipinski definition) is 3. The highest BCUT2D eigenvalue weighted by atomic mass is 32.2. The van der Waals surface area contributed by atoms with Crippen molar-refractivity contribution in [2.75, 3.05) is 13.7 Å². The smallest absolute Gasteiger partial charge is 0.335 e. The third-order valence-corrected chi connectivity index (χ3v) is 8.32. The predicted octanol–water partition coefficient (Wildman–Crippen LogP) is 4.08. The van der Waals surface area contributed by atoms with E-state index in [1.165, 1.54) is 43.5 Å². The SMILES string of the molecule is CC#CCOc1ccc(S(=O)(=O)N[C@@H](Cc2c(C)n(Cc3ccc(C(=O)O)cc3)c3ccc(OC)cc23)C(=O)O)cc1. The van der Waals surface area contributed by atoms with Gasteiger partial charge in [0.2, 0.25) is 10.0 Å². The maximum atomic E-state index is 13.2. The summed E-state index contributed by atoms with van der Waals surface area (Å²) in [6, 6.07) is 16.1. The van der Waals surface area contributed by atoms with Crippen LogP contribution >= 0.6 is 0 Å². The van der Waals surface area contributed by atoms with Crippen LogP contribution in [0.5, 0.6) is 11.5 Å². The average Bonchev–Trinajstić information content (AvgIpc) is 3.22. The molecule has 4 aromatic rings. The summed E-state index contributed by atoms with van der Waals surface area (Å²) in [6.07, 6.45) is -0.133.